The Hall–Kier alpha value is -2.04. The van der Waals surface area contributed by atoms with Crippen LogP contribution in [-0.4, -0.2) is 16.1 Å². The van der Waals surface area contributed by atoms with Gasteiger partial charge in [0.25, 0.3) is 0 Å². The Morgan fingerprint density at radius 2 is 2.06 bits per heavy atom. The molecule has 1 aromatic heterocycles. The minimum atomic E-state index is -1.13. The molecule has 0 N–H and O–H groups in total. The summed E-state index contributed by atoms with van der Waals surface area (Å²) in [6.45, 7) is 0. The summed E-state index contributed by atoms with van der Waals surface area (Å²) in [5.74, 6) is -2.16. The lowest BCUT2D eigenvalue weighted by atomic mass is 10.1. The smallest absolute Gasteiger partial charge is 0.169 e. The number of carbonyl (C=O) groups is 1. The number of carbonyl (C=O) groups excluding carboxylic acids is 1. The number of benzene rings is 1. The summed E-state index contributed by atoms with van der Waals surface area (Å²) in [6.07, 6.45) is 3.28. The molecule has 3 nitrogen and oxygen atoms in total. The highest BCUT2D eigenvalue weighted by atomic mass is 19.2. The van der Waals surface area contributed by atoms with Gasteiger partial charge in [0.1, 0.15) is 0 Å². The van der Waals surface area contributed by atoms with Crippen LogP contribution in [0.4, 0.5) is 8.78 Å². The zero-order chi connectivity index (χ0) is 11.7. The van der Waals surface area contributed by atoms with Crippen molar-refractivity contribution in [2.24, 2.45) is 7.05 Å². The maximum absolute atomic E-state index is 13.6. The van der Waals surface area contributed by atoms with E-state index in [2.05, 4.69) is 5.10 Å². The van der Waals surface area contributed by atoms with E-state index in [1.165, 1.54) is 23.0 Å². The lowest BCUT2D eigenvalue weighted by molar-refractivity contribution is 0.111. The minimum absolute atomic E-state index is 0.0937. The first kappa shape index (κ1) is 10.5. The van der Waals surface area contributed by atoms with E-state index >= 15 is 0 Å². The third-order valence-electron chi connectivity index (χ3n) is 2.26. The molecule has 0 amide bonds. The predicted octanol–water partition coefficient (Wildman–Crippen LogP) is 2.18. The largest absolute Gasteiger partial charge is 0.298 e. The van der Waals surface area contributed by atoms with E-state index in [0.29, 0.717) is 5.56 Å². The fourth-order valence-electron chi connectivity index (χ4n) is 1.44. The highest BCUT2D eigenvalue weighted by Crippen LogP contribution is 2.25. The van der Waals surface area contributed by atoms with Crippen molar-refractivity contribution in [1.29, 1.82) is 0 Å². The summed E-state index contributed by atoms with van der Waals surface area (Å²) in [4.78, 5) is 10.4. The molecule has 0 fully saturated rings. The molecule has 1 aromatic carbocycles. The fraction of sp³-hybridized carbons (Fsp3) is 0.0909. The molecule has 1 heterocycles. The SMILES string of the molecule is Cn1cc(-c2ccc(C=O)c(F)c2F)cn1. The molecule has 16 heavy (non-hydrogen) atoms. The van der Waals surface area contributed by atoms with Gasteiger partial charge >= 0.3 is 0 Å². The van der Waals surface area contributed by atoms with Gasteiger partial charge in [-0.25, -0.2) is 8.78 Å². The van der Waals surface area contributed by atoms with E-state index in [1.54, 1.807) is 13.2 Å². The van der Waals surface area contributed by atoms with E-state index in [9.17, 15) is 13.6 Å². The van der Waals surface area contributed by atoms with Crippen LogP contribution in [0.15, 0.2) is 24.5 Å². The summed E-state index contributed by atoms with van der Waals surface area (Å²) < 4.78 is 28.4. The van der Waals surface area contributed by atoms with Crippen LogP contribution in [0.1, 0.15) is 10.4 Å². The van der Waals surface area contributed by atoms with E-state index in [-0.39, 0.29) is 17.4 Å². The quantitative estimate of drug-likeness (QED) is 0.730. The van der Waals surface area contributed by atoms with Crippen LogP contribution < -0.4 is 0 Å². The van der Waals surface area contributed by atoms with Crippen LogP contribution in [0, 0.1) is 11.6 Å². The Morgan fingerprint density at radius 1 is 1.31 bits per heavy atom. The number of aryl methyl sites for hydroxylation is 1. The average Bonchev–Trinajstić information content (AvgIpc) is 2.69. The van der Waals surface area contributed by atoms with Gasteiger partial charge in [0.15, 0.2) is 17.9 Å². The number of aromatic nitrogens is 2. The van der Waals surface area contributed by atoms with Gasteiger partial charge in [-0.1, -0.05) is 6.07 Å². The van der Waals surface area contributed by atoms with Crippen molar-refractivity contribution in [3.8, 4) is 11.1 Å². The molecule has 0 bridgehead atoms. The van der Waals surface area contributed by atoms with Gasteiger partial charge in [0.05, 0.1) is 11.8 Å². The van der Waals surface area contributed by atoms with E-state index in [1.807, 2.05) is 0 Å². The van der Waals surface area contributed by atoms with E-state index in [0.717, 1.165) is 0 Å². The van der Waals surface area contributed by atoms with Crippen LogP contribution in [0.25, 0.3) is 11.1 Å². The molecule has 0 radical (unpaired) electrons. The second-order valence-electron chi connectivity index (χ2n) is 3.35. The van der Waals surface area contributed by atoms with E-state index in [4.69, 9.17) is 0 Å². The monoisotopic (exact) mass is 222 g/mol. The van der Waals surface area contributed by atoms with Crippen molar-refractivity contribution in [2.75, 3.05) is 0 Å². The summed E-state index contributed by atoms with van der Waals surface area (Å²) >= 11 is 0. The first-order valence-corrected chi connectivity index (χ1v) is 4.55. The molecule has 0 saturated carbocycles. The normalized spacial score (nSPS) is 10.4. The zero-order valence-electron chi connectivity index (χ0n) is 8.45. The first-order chi connectivity index (χ1) is 7.63. The summed E-state index contributed by atoms with van der Waals surface area (Å²) in [7, 11) is 1.68. The number of hydrogen-bond donors (Lipinski definition) is 0. The number of aldehydes is 1. The number of hydrogen-bond acceptors (Lipinski definition) is 2. The molecule has 0 aliphatic carbocycles. The topological polar surface area (TPSA) is 34.9 Å². The maximum Gasteiger partial charge on any atom is 0.169 e. The molecule has 0 aliphatic heterocycles. The molecule has 5 heteroatoms. The van der Waals surface area contributed by atoms with Gasteiger partial charge in [0.2, 0.25) is 0 Å². The standard InChI is InChI=1S/C11H8F2N2O/c1-15-5-8(4-14-15)9-3-2-7(6-16)10(12)11(9)13/h2-6H,1H3. The van der Waals surface area contributed by atoms with Gasteiger partial charge in [-0.15, -0.1) is 0 Å². The van der Waals surface area contributed by atoms with Crippen LogP contribution in [0.5, 0.6) is 0 Å². The Bertz CT molecular complexity index is 549. The summed E-state index contributed by atoms with van der Waals surface area (Å²) in [6, 6.07) is 2.60. The molecule has 2 rings (SSSR count). The van der Waals surface area contributed by atoms with Crippen molar-refractivity contribution >= 4 is 6.29 Å². The van der Waals surface area contributed by atoms with Crippen LogP contribution in [-0.2, 0) is 7.05 Å². The maximum atomic E-state index is 13.6. The number of rotatable bonds is 2. The molecular weight excluding hydrogens is 214 g/mol. The van der Waals surface area contributed by atoms with Gasteiger partial charge in [-0.3, -0.25) is 9.48 Å². The van der Waals surface area contributed by atoms with Crippen molar-refractivity contribution in [3.05, 3.63) is 41.7 Å². The summed E-state index contributed by atoms with van der Waals surface area (Å²) in [5, 5.41) is 3.86. The van der Waals surface area contributed by atoms with Gasteiger partial charge in [-0.05, 0) is 6.07 Å². The van der Waals surface area contributed by atoms with E-state index < -0.39 is 11.6 Å². The Kier molecular flexibility index (Phi) is 2.52. The van der Waals surface area contributed by atoms with Crippen molar-refractivity contribution in [2.45, 2.75) is 0 Å². The van der Waals surface area contributed by atoms with Gasteiger partial charge < -0.3 is 0 Å². The number of halogens is 2. The molecule has 0 atom stereocenters. The molecule has 0 aliphatic rings. The van der Waals surface area contributed by atoms with Crippen molar-refractivity contribution in [3.63, 3.8) is 0 Å². The molecule has 0 unspecified atom stereocenters. The molecular formula is C11H8F2N2O. The fourth-order valence-corrected chi connectivity index (χ4v) is 1.44. The summed E-state index contributed by atoms with van der Waals surface area (Å²) in [5.41, 5.74) is 0.276. The lowest BCUT2D eigenvalue weighted by Crippen LogP contribution is -1.95. The minimum Gasteiger partial charge on any atom is -0.298 e. The molecule has 0 saturated heterocycles. The van der Waals surface area contributed by atoms with Crippen LogP contribution in [0.3, 0.4) is 0 Å². The third kappa shape index (κ3) is 1.60. The molecule has 2 aromatic rings. The third-order valence-corrected chi connectivity index (χ3v) is 2.26. The Morgan fingerprint density at radius 3 is 2.62 bits per heavy atom. The van der Waals surface area contributed by atoms with Crippen molar-refractivity contribution in [1.82, 2.24) is 9.78 Å². The van der Waals surface area contributed by atoms with Gasteiger partial charge in [0, 0.05) is 24.4 Å². The molecule has 82 valence electrons. The molecule has 0 spiro atoms. The van der Waals surface area contributed by atoms with Crippen LogP contribution in [0.2, 0.25) is 0 Å². The highest BCUT2D eigenvalue weighted by molar-refractivity contribution is 5.77. The highest BCUT2D eigenvalue weighted by Gasteiger charge is 2.14. The van der Waals surface area contributed by atoms with Gasteiger partial charge in [-0.2, -0.15) is 5.10 Å². The predicted molar refractivity (Wildman–Crippen MR) is 53.9 cm³/mol. The Labute approximate surface area is 90.3 Å². The van der Waals surface area contributed by atoms with Crippen molar-refractivity contribution < 1.29 is 13.6 Å². The first-order valence-electron chi connectivity index (χ1n) is 4.55. The Balaban J connectivity index is 2.59. The second kappa shape index (κ2) is 3.84. The van der Waals surface area contributed by atoms with Crippen LogP contribution >= 0.6 is 0 Å². The average molecular weight is 222 g/mol. The second-order valence-corrected chi connectivity index (χ2v) is 3.35. The lowest BCUT2D eigenvalue weighted by Gasteiger charge is -2.02. The number of nitrogens with zero attached hydrogens (tertiary/aromatic N) is 2. The zero-order valence-corrected chi connectivity index (χ0v) is 8.45.